The highest BCUT2D eigenvalue weighted by molar-refractivity contribution is 6.20. The van der Waals surface area contributed by atoms with E-state index in [1.54, 1.807) is 0 Å². The average Bonchev–Trinajstić information content (AvgIpc) is 2.21. The second-order valence-corrected chi connectivity index (χ2v) is 5.49. The molecule has 0 aliphatic heterocycles. The summed E-state index contributed by atoms with van der Waals surface area (Å²) >= 11 is 5.95. The number of halogens is 1. The quantitative estimate of drug-likeness (QED) is 0.541. The zero-order chi connectivity index (χ0) is 11.7. The van der Waals surface area contributed by atoms with Gasteiger partial charge in [0.1, 0.15) is 0 Å². The van der Waals surface area contributed by atoms with Crippen LogP contribution in [0, 0.1) is 5.92 Å². The fourth-order valence-electron chi connectivity index (χ4n) is 1.85. The maximum absolute atomic E-state index is 5.95. The van der Waals surface area contributed by atoms with E-state index in [1.807, 2.05) is 0 Å². The third kappa shape index (κ3) is 9.19. The van der Waals surface area contributed by atoms with E-state index in [0.29, 0.717) is 5.38 Å². The standard InChI is InChI=1S/C13H28ClN/c1-5-7-8-13(6-2)11-15(4)10-9-12(3)14/h12-13H,5-11H2,1-4H3. The van der Waals surface area contributed by atoms with E-state index in [2.05, 4.69) is 32.7 Å². The highest BCUT2D eigenvalue weighted by Gasteiger charge is 2.09. The van der Waals surface area contributed by atoms with Crippen LogP contribution in [0.15, 0.2) is 0 Å². The predicted octanol–water partition coefficient (Wildman–Crippen LogP) is 4.15. The van der Waals surface area contributed by atoms with Crippen molar-refractivity contribution in [3.63, 3.8) is 0 Å². The minimum absolute atomic E-state index is 0.308. The number of unbranched alkanes of at least 4 members (excludes halogenated alkanes) is 1. The van der Waals surface area contributed by atoms with Gasteiger partial charge in [-0.15, -0.1) is 11.6 Å². The van der Waals surface area contributed by atoms with Crippen LogP contribution < -0.4 is 0 Å². The summed E-state index contributed by atoms with van der Waals surface area (Å²) in [6, 6.07) is 0. The fourth-order valence-corrected chi connectivity index (χ4v) is 1.95. The van der Waals surface area contributed by atoms with Crippen molar-refractivity contribution < 1.29 is 0 Å². The number of hydrogen-bond acceptors (Lipinski definition) is 1. The molecule has 92 valence electrons. The number of nitrogens with zero attached hydrogens (tertiary/aromatic N) is 1. The van der Waals surface area contributed by atoms with Gasteiger partial charge in [0, 0.05) is 11.9 Å². The van der Waals surface area contributed by atoms with Crippen molar-refractivity contribution in [2.75, 3.05) is 20.1 Å². The van der Waals surface area contributed by atoms with Crippen LogP contribution in [0.3, 0.4) is 0 Å². The first-order valence-corrected chi connectivity index (χ1v) is 6.86. The van der Waals surface area contributed by atoms with Gasteiger partial charge in [0.25, 0.3) is 0 Å². The third-order valence-corrected chi connectivity index (χ3v) is 3.24. The van der Waals surface area contributed by atoms with Gasteiger partial charge in [-0.3, -0.25) is 0 Å². The lowest BCUT2D eigenvalue weighted by Crippen LogP contribution is -2.27. The van der Waals surface area contributed by atoms with Gasteiger partial charge in [0.05, 0.1) is 0 Å². The van der Waals surface area contributed by atoms with Crippen LogP contribution in [0.5, 0.6) is 0 Å². The molecule has 2 atom stereocenters. The van der Waals surface area contributed by atoms with Crippen LogP contribution >= 0.6 is 11.6 Å². The predicted molar refractivity (Wildman–Crippen MR) is 70.7 cm³/mol. The SMILES string of the molecule is CCCCC(CC)CN(C)CCC(C)Cl. The minimum Gasteiger partial charge on any atom is -0.306 e. The zero-order valence-corrected chi connectivity index (χ0v) is 11.7. The molecule has 0 amide bonds. The first-order chi connectivity index (χ1) is 7.10. The van der Waals surface area contributed by atoms with Crippen LogP contribution in [-0.4, -0.2) is 30.4 Å². The van der Waals surface area contributed by atoms with Gasteiger partial charge < -0.3 is 4.90 Å². The summed E-state index contributed by atoms with van der Waals surface area (Å²) in [5, 5.41) is 0.308. The summed E-state index contributed by atoms with van der Waals surface area (Å²) in [7, 11) is 2.22. The van der Waals surface area contributed by atoms with E-state index in [0.717, 1.165) is 18.9 Å². The van der Waals surface area contributed by atoms with Crippen LogP contribution in [0.1, 0.15) is 52.9 Å². The Kier molecular flexibility index (Phi) is 9.63. The van der Waals surface area contributed by atoms with Crippen molar-refractivity contribution >= 4 is 11.6 Å². The molecule has 0 fully saturated rings. The minimum atomic E-state index is 0.308. The Balaban J connectivity index is 3.64. The second-order valence-electron chi connectivity index (χ2n) is 4.75. The third-order valence-electron chi connectivity index (χ3n) is 3.02. The summed E-state index contributed by atoms with van der Waals surface area (Å²) < 4.78 is 0. The topological polar surface area (TPSA) is 3.24 Å². The van der Waals surface area contributed by atoms with E-state index >= 15 is 0 Å². The summed E-state index contributed by atoms with van der Waals surface area (Å²) in [4.78, 5) is 2.43. The molecule has 0 bridgehead atoms. The molecule has 0 N–H and O–H groups in total. The Morgan fingerprint density at radius 3 is 2.33 bits per heavy atom. The van der Waals surface area contributed by atoms with E-state index in [1.165, 1.54) is 32.2 Å². The van der Waals surface area contributed by atoms with Crippen molar-refractivity contribution in [2.24, 2.45) is 5.92 Å². The van der Waals surface area contributed by atoms with Gasteiger partial charge in [0.15, 0.2) is 0 Å². The molecule has 0 aromatic carbocycles. The Bertz CT molecular complexity index is 136. The fraction of sp³-hybridized carbons (Fsp3) is 1.00. The summed E-state index contributed by atoms with van der Waals surface area (Å²) in [6.45, 7) is 9.02. The van der Waals surface area contributed by atoms with Crippen LogP contribution in [0.4, 0.5) is 0 Å². The van der Waals surface area contributed by atoms with Crippen LogP contribution in [-0.2, 0) is 0 Å². The molecular formula is C13H28ClN. The average molecular weight is 234 g/mol. The van der Waals surface area contributed by atoms with Crippen molar-refractivity contribution in [3.8, 4) is 0 Å². The highest BCUT2D eigenvalue weighted by Crippen LogP contribution is 2.14. The number of rotatable bonds is 9. The molecule has 0 rings (SSSR count). The van der Waals surface area contributed by atoms with Gasteiger partial charge in [-0.1, -0.05) is 33.1 Å². The molecule has 0 aliphatic rings. The Labute approximate surface area is 101 Å². The molecular weight excluding hydrogens is 206 g/mol. The molecule has 0 radical (unpaired) electrons. The maximum atomic E-state index is 5.95. The van der Waals surface area contributed by atoms with Crippen LogP contribution in [0.2, 0.25) is 0 Å². The molecule has 0 heterocycles. The Morgan fingerprint density at radius 2 is 1.87 bits per heavy atom. The van der Waals surface area contributed by atoms with Crippen molar-refractivity contribution in [2.45, 2.75) is 58.3 Å². The molecule has 0 saturated carbocycles. The first-order valence-electron chi connectivity index (χ1n) is 6.42. The van der Waals surface area contributed by atoms with Gasteiger partial charge in [-0.25, -0.2) is 0 Å². The van der Waals surface area contributed by atoms with Crippen molar-refractivity contribution in [1.29, 1.82) is 0 Å². The lowest BCUT2D eigenvalue weighted by atomic mass is 9.99. The number of alkyl halides is 1. The van der Waals surface area contributed by atoms with Crippen LogP contribution in [0.25, 0.3) is 0 Å². The van der Waals surface area contributed by atoms with E-state index in [9.17, 15) is 0 Å². The molecule has 0 spiro atoms. The van der Waals surface area contributed by atoms with E-state index in [-0.39, 0.29) is 0 Å². The lowest BCUT2D eigenvalue weighted by molar-refractivity contribution is 0.257. The lowest BCUT2D eigenvalue weighted by Gasteiger charge is -2.23. The van der Waals surface area contributed by atoms with Gasteiger partial charge in [-0.2, -0.15) is 0 Å². The first kappa shape index (κ1) is 15.2. The molecule has 0 aromatic rings. The summed E-state index contributed by atoms with van der Waals surface area (Å²) in [5.41, 5.74) is 0. The highest BCUT2D eigenvalue weighted by atomic mass is 35.5. The summed E-state index contributed by atoms with van der Waals surface area (Å²) in [5.74, 6) is 0.876. The van der Waals surface area contributed by atoms with E-state index < -0.39 is 0 Å². The molecule has 2 heteroatoms. The Morgan fingerprint density at radius 1 is 1.20 bits per heavy atom. The molecule has 15 heavy (non-hydrogen) atoms. The molecule has 0 aromatic heterocycles. The molecule has 0 saturated heterocycles. The molecule has 2 unspecified atom stereocenters. The maximum Gasteiger partial charge on any atom is 0.0320 e. The largest absolute Gasteiger partial charge is 0.306 e. The Hall–Kier alpha value is 0.250. The number of hydrogen-bond donors (Lipinski definition) is 0. The monoisotopic (exact) mass is 233 g/mol. The van der Waals surface area contributed by atoms with Crippen molar-refractivity contribution in [1.82, 2.24) is 4.90 Å². The van der Waals surface area contributed by atoms with Crippen molar-refractivity contribution in [3.05, 3.63) is 0 Å². The second kappa shape index (κ2) is 9.47. The molecule has 0 aliphatic carbocycles. The van der Waals surface area contributed by atoms with Gasteiger partial charge in [0.2, 0.25) is 0 Å². The normalized spacial score (nSPS) is 15.6. The van der Waals surface area contributed by atoms with Gasteiger partial charge in [-0.05, 0) is 39.3 Å². The van der Waals surface area contributed by atoms with E-state index in [4.69, 9.17) is 11.6 Å². The zero-order valence-electron chi connectivity index (χ0n) is 10.9. The molecule has 1 nitrogen and oxygen atoms in total. The van der Waals surface area contributed by atoms with Gasteiger partial charge >= 0.3 is 0 Å². The smallest absolute Gasteiger partial charge is 0.0320 e. The summed E-state index contributed by atoms with van der Waals surface area (Å²) in [6.07, 6.45) is 6.48.